The molecule has 5 heterocycles. The normalized spacial score (nSPS) is 18.1. The standard InChI is InChI=1S/C21H26N8O3S.2ClH/c1-27(21(31)32)14-3-6-28(7-4-14)19(30)16-10-17(24-13-2-5-22-11-13)26-18(25-16)15-12-23-29-8-9-33-20(15)29;;/h8-10,12-14,22H,2-7,11H2,1H3,(H,31,32)(H,24,25,26);2*1H/t13-;;/m0../s1. The van der Waals surface area contributed by atoms with E-state index in [0.717, 1.165) is 29.9 Å². The van der Waals surface area contributed by atoms with E-state index in [1.54, 1.807) is 40.1 Å². The van der Waals surface area contributed by atoms with Gasteiger partial charge in [-0.2, -0.15) is 5.10 Å². The highest BCUT2D eigenvalue weighted by atomic mass is 35.5. The lowest BCUT2D eigenvalue weighted by atomic mass is 10.0. The van der Waals surface area contributed by atoms with Crippen molar-refractivity contribution in [1.29, 1.82) is 0 Å². The van der Waals surface area contributed by atoms with Crippen molar-refractivity contribution in [1.82, 2.24) is 34.7 Å². The Hall–Kier alpha value is -2.67. The molecule has 5 rings (SSSR count). The first-order valence-corrected chi connectivity index (χ1v) is 11.9. The van der Waals surface area contributed by atoms with Gasteiger partial charge in [-0.1, -0.05) is 0 Å². The molecule has 1 atom stereocenters. The number of likely N-dealkylation sites (tertiary alicyclic amines) is 1. The molecule has 0 spiro atoms. The predicted molar refractivity (Wildman–Crippen MR) is 138 cm³/mol. The fraction of sp³-hybridized carbons (Fsp3) is 0.476. The molecule has 2 aliphatic rings. The molecule has 11 nitrogen and oxygen atoms in total. The number of nitrogens with one attached hydrogen (secondary N) is 2. The van der Waals surface area contributed by atoms with Crippen LogP contribution < -0.4 is 10.6 Å². The summed E-state index contributed by atoms with van der Waals surface area (Å²) in [7, 11) is 1.58. The summed E-state index contributed by atoms with van der Waals surface area (Å²) in [6.07, 6.45) is 4.84. The summed E-state index contributed by atoms with van der Waals surface area (Å²) in [4.78, 5) is 38.0. The van der Waals surface area contributed by atoms with Gasteiger partial charge in [0.15, 0.2) is 5.82 Å². The Balaban J connectivity index is 0.00000171. The Morgan fingerprint density at radius 2 is 2.00 bits per heavy atom. The lowest BCUT2D eigenvalue weighted by molar-refractivity contribution is 0.0638. The van der Waals surface area contributed by atoms with Gasteiger partial charge in [0.2, 0.25) is 0 Å². The van der Waals surface area contributed by atoms with E-state index < -0.39 is 6.09 Å². The van der Waals surface area contributed by atoms with E-state index in [0.29, 0.717) is 43.3 Å². The number of aromatic nitrogens is 4. The first-order chi connectivity index (χ1) is 16.0. The molecular formula is C21H28Cl2N8O3S. The third kappa shape index (κ3) is 5.61. The second kappa shape index (κ2) is 11.4. The summed E-state index contributed by atoms with van der Waals surface area (Å²) in [5, 5.41) is 22.3. The smallest absolute Gasteiger partial charge is 0.407 e. The summed E-state index contributed by atoms with van der Waals surface area (Å²) < 4.78 is 1.77. The third-order valence-corrected chi connectivity index (χ3v) is 7.22. The van der Waals surface area contributed by atoms with Gasteiger partial charge in [-0.3, -0.25) is 4.79 Å². The third-order valence-electron chi connectivity index (χ3n) is 6.33. The lowest BCUT2D eigenvalue weighted by Crippen LogP contribution is -2.47. The van der Waals surface area contributed by atoms with Crippen molar-refractivity contribution in [3.05, 3.63) is 29.5 Å². The number of halogens is 2. The first kappa shape index (κ1) is 26.9. The molecule has 2 amide bonds. The number of thiazole rings is 1. The van der Waals surface area contributed by atoms with Gasteiger partial charge in [-0.05, 0) is 25.8 Å². The van der Waals surface area contributed by atoms with Gasteiger partial charge >= 0.3 is 6.09 Å². The Labute approximate surface area is 218 Å². The molecule has 14 heteroatoms. The maximum absolute atomic E-state index is 13.4. The van der Waals surface area contributed by atoms with Gasteiger partial charge in [0.25, 0.3) is 5.91 Å². The number of amides is 2. The molecule has 0 saturated carbocycles. The predicted octanol–water partition coefficient (Wildman–Crippen LogP) is 2.68. The molecule has 2 aliphatic heterocycles. The largest absolute Gasteiger partial charge is 0.465 e. The highest BCUT2D eigenvalue weighted by Crippen LogP contribution is 2.27. The van der Waals surface area contributed by atoms with Crippen LogP contribution in [0.15, 0.2) is 23.8 Å². The van der Waals surface area contributed by atoms with E-state index >= 15 is 0 Å². The number of rotatable bonds is 5. The van der Waals surface area contributed by atoms with Crippen molar-refractivity contribution in [2.24, 2.45) is 0 Å². The molecule has 3 aromatic rings. The number of hydrogen-bond donors (Lipinski definition) is 3. The van der Waals surface area contributed by atoms with Crippen LogP contribution in [-0.2, 0) is 0 Å². The van der Waals surface area contributed by atoms with E-state index in [1.165, 1.54) is 4.90 Å². The number of nitrogens with zero attached hydrogens (tertiary/aromatic N) is 6. The van der Waals surface area contributed by atoms with Crippen molar-refractivity contribution in [3.8, 4) is 11.4 Å². The second-order valence-electron chi connectivity index (χ2n) is 8.42. The van der Waals surface area contributed by atoms with E-state index in [1.807, 2.05) is 11.6 Å². The van der Waals surface area contributed by atoms with Crippen molar-refractivity contribution in [2.75, 3.05) is 38.5 Å². The highest BCUT2D eigenvalue weighted by molar-refractivity contribution is 7.16. The van der Waals surface area contributed by atoms with Crippen LogP contribution in [0.1, 0.15) is 29.8 Å². The van der Waals surface area contributed by atoms with Gasteiger partial charge in [0.05, 0.1) is 11.8 Å². The van der Waals surface area contributed by atoms with Crippen molar-refractivity contribution < 1.29 is 14.7 Å². The van der Waals surface area contributed by atoms with Crippen LogP contribution >= 0.6 is 36.2 Å². The van der Waals surface area contributed by atoms with Crippen molar-refractivity contribution in [2.45, 2.75) is 31.3 Å². The van der Waals surface area contributed by atoms with Gasteiger partial charge in [0.1, 0.15) is 16.3 Å². The number of carboxylic acid groups (broad SMARTS) is 1. The van der Waals surface area contributed by atoms with Gasteiger partial charge in [-0.15, -0.1) is 36.2 Å². The first-order valence-electron chi connectivity index (χ1n) is 11.0. The molecule has 0 aliphatic carbocycles. The number of anilines is 1. The number of carbonyl (C=O) groups is 2. The summed E-state index contributed by atoms with van der Waals surface area (Å²) in [6, 6.07) is 1.88. The Morgan fingerprint density at radius 3 is 2.69 bits per heavy atom. The number of carbonyl (C=O) groups excluding carboxylic acids is 1. The molecule has 3 aromatic heterocycles. The molecule has 0 aromatic carbocycles. The van der Waals surface area contributed by atoms with Crippen LogP contribution in [0.5, 0.6) is 0 Å². The molecule has 0 radical (unpaired) electrons. The number of hydrogen-bond acceptors (Lipinski definition) is 8. The highest BCUT2D eigenvalue weighted by Gasteiger charge is 2.29. The number of piperidine rings is 1. The lowest BCUT2D eigenvalue weighted by Gasteiger charge is -2.35. The molecule has 3 N–H and O–H groups in total. The minimum atomic E-state index is -0.946. The van der Waals surface area contributed by atoms with E-state index in [4.69, 9.17) is 4.98 Å². The Bertz CT molecular complexity index is 1170. The molecular weight excluding hydrogens is 515 g/mol. The van der Waals surface area contributed by atoms with E-state index in [2.05, 4.69) is 20.7 Å². The molecule has 2 fully saturated rings. The van der Waals surface area contributed by atoms with Crippen LogP contribution in [0.2, 0.25) is 0 Å². The minimum absolute atomic E-state index is 0. The zero-order valence-electron chi connectivity index (χ0n) is 19.1. The van der Waals surface area contributed by atoms with Crippen LogP contribution in [0, 0.1) is 0 Å². The monoisotopic (exact) mass is 542 g/mol. The average Bonchev–Trinajstić information content (AvgIpc) is 3.57. The van der Waals surface area contributed by atoms with E-state index in [9.17, 15) is 14.7 Å². The zero-order chi connectivity index (χ0) is 22.9. The molecule has 0 bridgehead atoms. The molecule has 190 valence electrons. The summed E-state index contributed by atoms with van der Waals surface area (Å²) in [5.74, 6) is 0.915. The van der Waals surface area contributed by atoms with Crippen molar-refractivity contribution in [3.63, 3.8) is 0 Å². The summed E-state index contributed by atoms with van der Waals surface area (Å²) >= 11 is 1.54. The topological polar surface area (TPSA) is 128 Å². The SMILES string of the molecule is CN(C(=O)O)C1CCN(C(=O)c2cc(N[C@H]3CCNC3)nc(-c3cnn4ccsc34)n2)CC1.Cl.Cl. The second-order valence-corrected chi connectivity index (χ2v) is 9.32. The Morgan fingerprint density at radius 1 is 1.23 bits per heavy atom. The zero-order valence-corrected chi connectivity index (χ0v) is 21.5. The molecule has 0 unspecified atom stereocenters. The van der Waals surface area contributed by atoms with Crippen LogP contribution in [0.25, 0.3) is 16.2 Å². The maximum Gasteiger partial charge on any atom is 0.407 e. The quantitative estimate of drug-likeness (QED) is 0.448. The van der Waals surface area contributed by atoms with Crippen molar-refractivity contribution >= 4 is 58.8 Å². The summed E-state index contributed by atoms with van der Waals surface area (Å²) in [6.45, 7) is 2.76. The Kier molecular flexibility index (Phi) is 8.75. The maximum atomic E-state index is 13.4. The van der Waals surface area contributed by atoms with E-state index in [-0.39, 0.29) is 42.8 Å². The van der Waals surface area contributed by atoms with Crippen LogP contribution in [0.3, 0.4) is 0 Å². The number of fused-ring (bicyclic) bond motifs is 1. The molecule has 35 heavy (non-hydrogen) atoms. The summed E-state index contributed by atoms with van der Waals surface area (Å²) in [5.41, 5.74) is 1.11. The fourth-order valence-corrected chi connectivity index (χ4v) is 5.19. The van der Waals surface area contributed by atoms with Crippen LogP contribution in [-0.4, -0.2) is 91.8 Å². The van der Waals surface area contributed by atoms with Gasteiger partial charge < -0.3 is 25.5 Å². The van der Waals surface area contributed by atoms with Gasteiger partial charge in [0, 0.05) is 56.4 Å². The average molecular weight is 543 g/mol. The van der Waals surface area contributed by atoms with Crippen LogP contribution in [0.4, 0.5) is 10.6 Å². The fourth-order valence-electron chi connectivity index (χ4n) is 4.39. The minimum Gasteiger partial charge on any atom is -0.465 e. The molecule has 2 saturated heterocycles. The van der Waals surface area contributed by atoms with Gasteiger partial charge in [-0.25, -0.2) is 19.3 Å².